The van der Waals surface area contributed by atoms with E-state index in [0.29, 0.717) is 0 Å². The number of hydrogen-bond acceptors (Lipinski definition) is 3. The molecule has 6 heteroatoms. The van der Waals surface area contributed by atoms with Gasteiger partial charge in [0.05, 0.1) is 11.4 Å². The molecule has 3 aromatic rings. The third-order valence-electron chi connectivity index (χ3n) is 5.38. The van der Waals surface area contributed by atoms with Gasteiger partial charge in [0, 0.05) is 42.4 Å². The number of H-pyrrole nitrogens is 1. The highest BCUT2D eigenvalue weighted by Crippen LogP contribution is 2.39. The van der Waals surface area contributed by atoms with Gasteiger partial charge < -0.3 is 15.1 Å². The first kappa shape index (κ1) is 19.2. The number of nitrogens with one attached hydrogen (secondary N) is 2. The lowest BCUT2D eigenvalue weighted by Crippen LogP contribution is -2.33. The van der Waals surface area contributed by atoms with Crippen LogP contribution < -0.4 is 5.32 Å². The van der Waals surface area contributed by atoms with Gasteiger partial charge in [-0.2, -0.15) is 5.10 Å². The fourth-order valence-corrected chi connectivity index (χ4v) is 3.76. The lowest BCUT2D eigenvalue weighted by Gasteiger charge is -2.19. The number of urea groups is 1. The van der Waals surface area contributed by atoms with Crippen LogP contribution in [0.15, 0.2) is 48.5 Å². The van der Waals surface area contributed by atoms with Crippen LogP contribution in [0.4, 0.5) is 10.5 Å². The smallest absolute Gasteiger partial charge is 0.321 e. The Bertz CT molecular complexity index is 1010. The molecule has 2 aromatic carbocycles. The van der Waals surface area contributed by atoms with E-state index in [-0.39, 0.29) is 6.03 Å². The van der Waals surface area contributed by atoms with Crippen LogP contribution in [0.3, 0.4) is 0 Å². The Balaban J connectivity index is 1.42. The molecule has 4 rings (SSSR count). The molecule has 1 aromatic heterocycles. The minimum Gasteiger partial charge on any atom is -0.328 e. The van der Waals surface area contributed by atoms with Gasteiger partial charge in [-0.1, -0.05) is 36.4 Å². The lowest BCUT2D eigenvalue weighted by molar-refractivity contribution is 0.220. The summed E-state index contributed by atoms with van der Waals surface area (Å²) in [5.41, 5.74) is 7.74. The second kappa shape index (κ2) is 8.09. The van der Waals surface area contributed by atoms with E-state index in [9.17, 15) is 4.79 Å². The highest BCUT2D eigenvalue weighted by atomic mass is 16.2. The van der Waals surface area contributed by atoms with Crippen molar-refractivity contribution >= 4 is 11.7 Å². The van der Waals surface area contributed by atoms with Crippen LogP contribution in [-0.4, -0.2) is 60.3 Å². The van der Waals surface area contributed by atoms with Gasteiger partial charge in [0.2, 0.25) is 0 Å². The number of hydrogen-bond donors (Lipinski definition) is 2. The number of rotatable bonds is 6. The maximum atomic E-state index is 12.4. The van der Waals surface area contributed by atoms with Crippen LogP contribution in [0.1, 0.15) is 17.5 Å². The molecule has 0 unspecified atom stereocenters. The summed E-state index contributed by atoms with van der Waals surface area (Å²) in [6.07, 6.45) is 1.84. The number of aromatic amines is 1. The molecule has 1 heterocycles. The third-order valence-corrected chi connectivity index (χ3v) is 5.38. The Kier molecular flexibility index (Phi) is 5.36. The Morgan fingerprint density at radius 1 is 1.07 bits per heavy atom. The monoisotopic (exact) mass is 389 g/mol. The van der Waals surface area contributed by atoms with Crippen molar-refractivity contribution in [1.29, 1.82) is 0 Å². The van der Waals surface area contributed by atoms with Gasteiger partial charge in [0.1, 0.15) is 0 Å². The second-order valence-electron chi connectivity index (χ2n) is 7.85. The van der Waals surface area contributed by atoms with Crippen LogP contribution in [-0.2, 0) is 6.42 Å². The summed E-state index contributed by atoms with van der Waals surface area (Å²) in [7, 11) is 5.90. The third kappa shape index (κ3) is 4.03. The number of carbonyl (C=O) groups excluding carboxylic acids is 1. The Hall–Kier alpha value is -3.12. The van der Waals surface area contributed by atoms with Gasteiger partial charge in [-0.05, 0) is 44.8 Å². The first-order chi connectivity index (χ1) is 14.0. The molecule has 6 nitrogen and oxygen atoms in total. The highest BCUT2D eigenvalue weighted by Gasteiger charge is 2.24. The number of fused-ring (bicyclic) bond motifs is 3. The van der Waals surface area contributed by atoms with Crippen LogP contribution in [0.5, 0.6) is 0 Å². The van der Waals surface area contributed by atoms with E-state index in [2.05, 4.69) is 44.7 Å². The molecular weight excluding hydrogens is 362 g/mol. The van der Waals surface area contributed by atoms with Gasteiger partial charge in [-0.15, -0.1) is 0 Å². The van der Waals surface area contributed by atoms with Gasteiger partial charge in [0.25, 0.3) is 0 Å². The molecule has 29 heavy (non-hydrogen) atoms. The van der Waals surface area contributed by atoms with Crippen LogP contribution in [0.25, 0.3) is 22.5 Å². The molecule has 0 bridgehead atoms. The summed E-state index contributed by atoms with van der Waals surface area (Å²) in [5, 5.41) is 10.7. The standard InChI is InChI=1S/C23H27N5O/c1-27(2)13-6-14-28(3)23(29)24-18-11-9-16(10-12-18)21-20-15-17-7-4-5-8-19(17)22(20)26-25-21/h4-5,7-12H,6,13-15H2,1-3H3,(H,24,29)(H,25,26). The van der Waals surface area contributed by atoms with Crippen molar-refractivity contribution in [2.24, 2.45) is 0 Å². The van der Waals surface area contributed by atoms with E-state index in [1.807, 2.05) is 45.4 Å². The van der Waals surface area contributed by atoms with Crippen LogP contribution >= 0.6 is 0 Å². The first-order valence-electron chi connectivity index (χ1n) is 9.95. The molecule has 0 atom stereocenters. The van der Waals surface area contributed by atoms with Crippen molar-refractivity contribution < 1.29 is 4.79 Å². The molecular formula is C23H27N5O. The normalized spacial score (nSPS) is 12.0. The fraction of sp³-hybridized carbons (Fsp3) is 0.304. The predicted octanol–water partition coefficient (Wildman–Crippen LogP) is 4.06. The summed E-state index contributed by atoms with van der Waals surface area (Å²) in [6, 6.07) is 16.2. The number of benzene rings is 2. The SMILES string of the molecule is CN(C)CCCN(C)C(=O)Nc1ccc(-c2n[nH]c3c2Cc2ccccc2-3)cc1. The van der Waals surface area contributed by atoms with Gasteiger partial charge >= 0.3 is 6.03 Å². The fourth-order valence-electron chi connectivity index (χ4n) is 3.76. The predicted molar refractivity (Wildman–Crippen MR) is 117 cm³/mol. The molecule has 150 valence electrons. The Morgan fingerprint density at radius 2 is 1.83 bits per heavy atom. The molecule has 0 aliphatic heterocycles. The van der Waals surface area contributed by atoms with Crippen molar-refractivity contribution in [2.45, 2.75) is 12.8 Å². The number of carbonyl (C=O) groups is 1. The molecule has 1 aliphatic rings. The van der Waals surface area contributed by atoms with Gasteiger partial charge in [-0.3, -0.25) is 5.10 Å². The van der Waals surface area contributed by atoms with Crippen LogP contribution in [0.2, 0.25) is 0 Å². The minimum atomic E-state index is -0.0902. The maximum Gasteiger partial charge on any atom is 0.321 e. The number of anilines is 1. The molecule has 0 saturated heterocycles. The molecule has 0 spiro atoms. The molecule has 0 saturated carbocycles. The first-order valence-corrected chi connectivity index (χ1v) is 9.95. The zero-order valence-electron chi connectivity index (χ0n) is 17.2. The van der Waals surface area contributed by atoms with Crippen molar-refractivity contribution in [2.75, 3.05) is 39.5 Å². The summed E-state index contributed by atoms with van der Waals surface area (Å²) < 4.78 is 0. The van der Waals surface area contributed by atoms with Crippen molar-refractivity contribution in [3.63, 3.8) is 0 Å². The average molecular weight is 390 g/mol. The minimum absolute atomic E-state index is 0.0902. The Labute approximate surface area is 171 Å². The molecule has 2 amide bonds. The van der Waals surface area contributed by atoms with Gasteiger partial charge in [0.15, 0.2) is 0 Å². The number of aromatic nitrogens is 2. The second-order valence-corrected chi connectivity index (χ2v) is 7.85. The maximum absolute atomic E-state index is 12.4. The number of amides is 2. The average Bonchev–Trinajstić information content (AvgIpc) is 3.27. The molecule has 0 radical (unpaired) electrons. The summed E-state index contributed by atoms with van der Waals surface area (Å²) >= 11 is 0. The molecule has 0 fully saturated rings. The summed E-state index contributed by atoms with van der Waals surface area (Å²) in [6.45, 7) is 1.69. The van der Waals surface area contributed by atoms with Crippen molar-refractivity contribution in [1.82, 2.24) is 20.0 Å². The largest absolute Gasteiger partial charge is 0.328 e. The van der Waals surface area contributed by atoms with E-state index in [1.165, 1.54) is 16.7 Å². The quantitative estimate of drug-likeness (QED) is 0.523. The van der Waals surface area contributed by atoms with Gasteiger partial charge in [-0.25, -0.2) is 4.79 Å². The van der Waals surface area contributed by atoms with E-state index in [4.69, 9.17) is 0 Å². The van der Waals surface area contributed by atoms with Crippen molar-refractivity contribution in [3.05, 3.63) is 59.7 Å². The Morgan fingerprint density at radius 3 is 2.59 bits per heavy atom. The van der Waals surface area contributed by atoms with Crippen molar-refractivity contribution in [3.8, 4) is 22.5 Å². The lowest BCUT2D eigenvalue weighted by atomic mass is 10.1. The highest BCUT2D eigenvalue weighted by molar-refractivity contribution is 5.89. The summed E-state index contributed by atoms with van der Waals surface area (Å²) in [5.74, 6) is 0. The topological polar surface area (TPSA) is 64.3 Å². The van der Waals surface area contributed by atoms with E-state index < -0.39 is 0 Å². The van der Waals surface area contributed by atoms with E-state index in [1.54, 1.807) is 4.90 Å². The van der Waals surface area contributed by atoms with E-state index in [0.717, 1.165) is 48.6 Å². The number of nitrogens with zero attached hydrogens (tertiary/aromatic N) is 3. The van der Waals surface area contributed by atoms with Crippen LogP contribution in [0, 0.1) is 0 Å². The summed E-state index contributed by atoms with van der Waals surface area (Å²) in [4.78, 5) is 16.2. The zero-order chi connectivity index (χ0) is 20.4. The zero-order valence-corrected chi connectivity index (χ0v) is 17.2. The molecule has 1 aliphatic carbocycles. The van der Waals surface area contributed by atoms with E-state index >= 15 is 0 Å². The molecule has 2 N–H and O–H groups in total.